The zero-order valence-electron chi connectivity index (χ0n) is 14.6. The lowest BCUT2D eigenvalue weighted by Crippen LogP contribution is -2.35. The highest BCUT2D eigenvalue weighted by molar-refractivity contribution is 9.10. The number of halogens is 1. The standard InChI is InChI=1S/C18H20BrNO4S2/c1-3-23-14-8-11(7-13(19)16(14)22-2)9-15-17(21)20(18(25)26-15)10-12-5-4-6-24-12/h7-9,12H,3-6,10H2,1-2H3/b15-9-/t12-/m1/s1. The smallest absolute Gasteiger partial charge is 0.266 e. The number of ether oxygens (including phenoxy) is 3. The van der Waals surface area contributed by atoms with E-state index in [1.54, 1.807) is 12.0 Å². The Kier molecular flexibility index (Phi) is 6.60. The summed E-state index contributed by atoms with van der Waals surface area (Å²) in [5.74, 6) is 1.20. The van der Waals surface area contributed by atoms with Crippen molar-refractivity contribution in [3.63, 3.8) is 0 Å². The third-order valence-corrected chi connectivity index (χ3v) is 6.08. The Bertz CT molecular complexity index is 747. The van der Waals surface area contributed by atoms with Gasteiger partial charge >= 0.3 is 0 Å². The zero-order valence-corrected chi connectivity index (χ0v) is 17.8. The van der Waals surface area contributed by atoms with Gasteiger partial charge in [0, 0.05) is 6.61 Å². The summed E-state index contributed by atoms with van der Waals surface area (Å²) >= 11 is 10.2. The van der Waals surface area contributed by atoms with Crippen LogP contribution in [0.1, 0.15) is 25.3 Å². The predicted octanol–water partition coefficient (Wildman–Crippen LogP) is 4.24. The first kappa shape index (κ1) is 19.7. The number of hydrogen-bond acceptors (Lipinski definition) is 6. The highest BCUT2D eigenvalue weighted by Gasteiger charge is 2.34. The summed E-state index contributed by atoms with van der Waals surface area (Å²) in [4.78, 5) is 15.0. The number of thioether (sulfide) groups is 1. The number of methoxy groups -OCH3 is 1. The topological polar surface area (TPSA) is 48.0 Å². The summed E-state index contributed by atoms with van der Waals surface area (Å²) in [5.41, 5.74) is 0.846. The van der Waals surface area contributed by atoms with Crippen LogP contribution in [0.15, 0.2) is 21.5 Å². The lowest BCUT2D eigenvalue weighted by molar-refractivity contribution is -0.123. The third-order valence-electron chi connectivity index (χ3n) is 4.12. The highest BCUT2D eigenvalue weighted by Crippen LogP contribution is 2.39. The predicted molar refractivity (Wildman–Crippen MR) is 111 cm³/mol. The Morgan fingerprint density at radius 3 is 2.96 bits per heavy atom. The van der Waals surface area contributed by atoms with Crippen molar-refractivity contribution in [3.05, 3.63) is 27.1 Å². The maximum Gasteiger partial charge on any atom is 0.266 e. The monoisotopic (exact) mass is 457 g/mol. The molecule has 140 valence electrons. The van der Waals surface area contributed by atoms with Crippen LogP contribution in [0.25, 0.3) is 6.08 Å². The summed E-state index contributed by atoms with van der Waals surface area (Å²) in [6, 6.07) is 3.76. The molecule has 0 unspecified atom stereocenters. The van der Waals surface area contributed by atoms with Gasteiger partial charge in [-0.2, -0.15) is 0 Å². The SMILES string of the molecule is CCOc1cc(/C=C2\SC(=S)N(C[C@H]3CCCO3)C2=O)cc(Br)c1OC. The largest absolute Gasteiger partial charge is 0.492 e. The second kappa shape index (κ2) is 8.73. The molecule has 0 aromatic heterocycles. The van der Waals surface area contributed by atoms with Gasteiger partial charge in [-0.25, -0.2) is 0 Å². The van der Waals surface area contributed by atoms with Gasteiger partial charge in [-0.15, -0.1) is 0 Å². The number of carbonyl (C=O) groups excluding carboxylic acids is 1. The number of nitrogens with zero attached hydrogens (tertiary/aromatic N) is 1. The minimum atomic E-state index is -0.0691. The molecular weight excluding hydrogens is 438 g/mol. The van der Waals surface area contributed by atoms with Crippen LogP contribution in [-0.2, 0) is 9.53 Å². The van der Waals surface area contributed by atoms with E-state index in [1.807, 2.05) is 25.1 Å². The zero-order chi connectivity index (χ0) is 18.7. The fourth-order valence-corrected chi connectivity index (χ4v) is 4.83. The molecule has 2 saturated heterocycles. The molecule has 0 saturated carbocycles. The Morgan fingerprint density at radius 2 is 2.31 bits per heavy atom. The van der Waals surface area contributed by atoms with E-state index in [0.717, 1.165) is 29.5 Å². The fourth-order valence-electron chi connectivity index (χ4n) is 2.93. The van der Waals surface area contributed by atoms with Gasteiger partial charge in [-0.05, 0) is 59.5 Å². The first-order chi connectivity index (χ1) is 12.5. The second-order valence-electron chi connectivity index (χ2n) is 5.89. The number of thiocarbonyl (C=S) groups is 1. The average molecular weight is 458 g/mol. The van der Waals surface area contributed by atoms with E-state index >= 15 is 0 Å². The normalized spacial score (nSPS) is 21.7. The minimum absolute atomic E-state index is 0.0691. The maximum atomic E-state index is 12.8. The molecule has 26 heavy (non-hydrogen) atoms. The summed E-state index contributed by atoms with van der Waals surface area (Å²) < 4.78 is 18.0. The van der Waals surface area contributed by atoms with E-state index in [1.165, 1.54) is 11.8 Å². The van der Waals surface area contributed by atoms with Crippen molar-refractivity contribution in [1.82, 2.24) is 4.90 Å². The molecule has 2 aliphatic rings. The Morgan fingerprint density at radius 1 is 1.50 bits per heavy atom. The van der Waals surface area contributed by atoms with Crippen molar-refractivity contribution in [3.8, 4) is 11.5 Å². The van der Waals surface area contributed by atoms with Gasteiger partial charge in [0.05, 0.1) is 35.7 Å². The van der Waals surface area contributed by atoms with Gasteiger partial charge in [-0.1, -0.05) is 24.0 Å². The van der Waals surface area contributed by atoms with E-state index < -0.39 is 0 Å². The first-order valence-corrected chi connectivity index (χ1v) is 10.4. The molecule has 1 aromatic carbocycles. The molecule has 0 aliphatic carbocycles. The Hall–Kier alpha value is -1.09. The van der Waals surface area contributed by atoms with E-state index in [9.17, 15) is 4.79 Å². The van der Waals surface area contributed by atoms with Crippen molar-refractivity contribution < 1.29 is 19.0 Å². The summed E-state index contributed by atoms with van der Waals surface area (Å²) in [6.07, 6.45) is 3.92. The third kappa shape index (κ3) is 4.24. The van der Waals surface area contributed by atoms with Crippen LogP contribution in [0, 0.1) is 0 Å². The van der Waals surface area contributed by atoms with Crippen LogP contribution in [-0.4, -0.2) is 48.1 Å². The quantitative estimate of drug-likeness (QED) is 0.470. The molecule has 1 amide bonds. The molecule has 0 radical (unpaired) electrons. The van der Waals surface area contributed by atoms with Gasteiger partial charge < -0.3 is 14.2 Å². The average Bonchev–Trinajstić information content (AvgIpc) is 3.20. The Balaban J connectivity index is 1.83. The minimum Gasteiger partial charge on any atom is -0.492 e. The lowest BCUT2D eigenvalue weighted by Gasteiger charge is -2.18. The molecule has 5 nitrogen and oxygen atoms in total. The number of rotatable bonds is 6. The molecule has 3 rings (SSSR count). The molecule has 1 atom stereocenters. The van der Waals surface area contributed by atoms with Crippen LogP contribution in [0.4, 0.5) is 0 Å². The second-order valence-corrected chi connectivity index (χ2v) is 8.42. The molecule has 2 fully saturated rings. The van der Waals surface area contributed by atoms with Gasteiger partial charge in [0.15, 0.2) is 11.5 Å². The summed E-state index contributed by atoms with van der Waals surface area (Å²) in [5, 5.41) is 0. The van der Waals surface area contributed by atoms with Crippen LogP contribution < -0.4 is 9.47 Å². The maximum absolute atomic E-state index is 12.8. The lowest BCUT2D eigenvalue weighted by atomic mass is 10.1. The van der Waals surface area contributed by atoms with Crippen LogP contribution >= 0.6 is 39.9 Å². The molecule has 0 N–H and O–H groups in total. The van der Waals surface area contributed by atoms with Gasteiger partial charge in [0.25, 0.3) is 5.91 Å². The molecule has 2 aliphatic heterocycles. The number of carbonyl (C=O) groups is 1. The van der Waals surface area contributed by atoms with E-state index in [4.69, 9.17) is 26.4 Å². The van der Waals surface area contributed by atoms with Crippen LogP contribution in [0.2, 0.25) is 0 Å². The number of benzene rings is 1. The number of amides is 1. The van der Waals surface area contributed by atoms with Crippen molar-refractivity contribution in [1.29, 1.82) is 0 Å². The molecule has 0 bridgehead atoms. The van der Waals surface area contributed by atoms with E-state index in [-0.39, 0.29) is 12.0 Å². The molecule has 2 heterocycles. The van der Waals surface area contributed by atoms with Crippen molar-refractivity contribution in [2.75, 3.05) is 26.9 Å². The highest BCUT2D eigenvalue weighted by atomic mass is 79.9. The van der Waals surface area contributed by atoms with Gasteiger partial charge in [0.2, 0.25) is 0 Å². The molecule has 1 aromatic rings. The van der Waals surface area contributed by atoms with Crippen LogP contribution in [0.3, 0.4) is 0 Å². The van der Waals surface area contributed by atoms with Gasteiger partial charge in [-0.3, -0.25) is 9.69 Å². The van der Waals surface area contributed by atoms with Crippen LogP contribution in [0.5, 0.6) is 11.5 Å². The molecular formula is C18H20BrNO4S2. The van der Waals surface area contributed by atoms with E-state index in [2.05, 4.69) is 15.9 Å². The molecule has 8 heteroatoms. The Labute approximate surface area is 171 Å². The van der Waals surface area contributed by atoms with Crippen molar-refractivity contribution >= 4 is 56.2 Å². The summed E-state index contributed by atoms with van der Waals surface area (Å²) in [6.45, 7) is 3.72. The number of hydrogen-bond donors (Lipinski definition) is 0. The molecule has 0 spiro atoms. The van der Waals surface area contributed by atoms with Crippen molar-refractivity contribution in [2.45, 2.75) is 25.9 Å². The fraction of sp³-hybridized carbons (Fsp3) is 0.444. The van der Waals surface area contributed by atoms with Gasteiger partial charge in [0.1, 0.15) is 4.32 Å². The summed E-state index contributed by atoms with van der Waals surface area (Å²) in [7, 11) is 1.60. The van der Waals surface area contributed by atoms with E-state index in [0.29, 0.717) is 33.9 Å². The first-order valence-electron chi connectivity index (χ1n) is 8.40. The van der Waals surface area contributed by atoms with Crippen molar-refractivity contribution in [2.24, 2.45) is 0 Å².